The fourth-order valence-electron chi connectivity index (χ4n) is 1.29. The monoisotopic (exact) mass is 282 g/mol. The molecule has 0 aliphatic carbocycles. The lowest BCUT2D eigenvalue weighted by atomic mass is 9.90. The largest absolute Gasteiger partial charge is 0.421 e. The molecule has 5 heteroatoms. The van der Waals surface area contributed by atoms with E-state index in [1.54, 1.807) is 0 Å². The summed E-state index contributed by atoms with van der Waals surface area (Å²) in [4.78, 5) is 0. The molecule has 0 bridgehead atoms. The molecule has 1 aromatic rings. The van der Waals surface area contributed by atoms with Crippen molar-refractivity contribution in [2.24, 2.45) is 0 Å². The van der Waals surface area contributed by atoms with Crippen molar-refractivity contribution in [2.45, 2.75) is 25.1 Å². The minimum Gasteiger partial charge on any atom is -0.376 e. The van der Waals surface area contributed by atoms with Gasteiger partial charge >= 0.3 is 6.18 Å². The lowest BCUT2D eigenvalue weighted by Gasteiger charge is -2.29. The van der Waals surface area contributed by atoms with E-state index in [-0.39, 0.29) is 5.56 Å². The normalized spacial score (nSPS) is 16.1. The second-order valence-corrected chi connectivity index (χ2v) is 4.13. The molecular weight excluding hydrogens is 273 g/mol. The molecule has 0 unspecified atom stereocenters. The molecule has 0 radical (unpaired) electrons. The maximum absolute atomic E-state index is 12.6. The Kier molecular flexibility index (Phi) is 3.45. The van der Waals surface area contributed by atoms with Crippen LogP contribution in [0.2, 0.25) is 0 Å². The Labute approximate surface area is 94.0 Å². The van der Waals surface area contributed by atoms with Crippen LogP contribution in [-0.4, -0.2) is 11.3 Å². The average Bonchev–Trinajstić information content (AvgIpc) is 2.16. The minimum atomic E-state index is -4.66. The van der Waals surface area contributed by atoms with E-state index in [1.165, 1.54) is 31.2 Å². The molecule has 0 aliphatic heterocycles. The van der Waals surface area contributed by atoms with Crippen LogP contribution in [0.1, 0.15) is 18.9 Å². The quantitative estimate of drug-likeness (QED) is 0.879. The number of alkyl halides is 3. The van der Waals surface area contributed by atoms with E-state index in [0.29, 0.717) is 4.47 Å². The number of hydrogen-bond acceptors (Lipinski definition) is 1. The van der Waals surface area contributed by atoms with Gasteiger partial charge in [-0.05, 0) is 24.1 Å². The van der Waals surface area contributed by atoms with E-state index >= 15 is 0 Å². The molecule has 15 heavy (non-hydrogen) atoms. The number of hydrogen-bond donors (Lipinski definition) is 1. The number of halogens is 4. The molecule has 0 fully saturated rings. The SMILES string of the molecule is CC[C@](O)(c1ccc(Br)cc1)C(F)(F)F. The third kappa shape index (κ3) is 2.34. The molecule has 0 aliphatic rings. The van der Waals surface area contributed by atoms with Gasteiger partial charge in [0.1, 0.15) is 0 Å². The van der Waals surface area contributed by atoms with Gasteiger partial charge in [-0.2, -0.15) is 13.2 Å². The highest BCUT2D eigenvalue weighted by molar-refractivity contribution is 9.10. The summed E-state index contributed by atoms with van der Waals surface area (Å²) in [6.45, 7) is 1.30. The minimum absolute atomic E-state index is 0.138. The Bertz CT molecular complexity index is 334. The maximum atomic E-state index is 12.6. The van der Waals surface area contributed by atoms with E-state index in [0.717, 1.165) is 0 Å². The molecule has 84 valence electrons. The first kappa shape index (κ1) is 12.5. The van der Waals surface area contributed by atoms with E-state index in [2.05, 4.69) is 15.9 Å². The molecule has 1 nitrogen and oxygen atoms in total. The van der Waals surface area contributed by atoms with Gasteiger partial charge in [-0.25, -0.2) is 0 Å². The van der Waals surface area contributed by atoms with Crippen molar-refractivity contribution in [3.05, 3.63) is 34.3 Å². The molecular formula is C10H10BrF3O. The highest BCUT2D eigenvalue weighted by Gasteiger charge is 2.53. The van der Waals surface area contributed by atoms with Crippen LogP contribution in [0, 0.1) is 0 Å². The van der Waals surface area contributed by atoms with E-state index in [9.17, 15) is 18.3 Å². The zero-order chi connectivity index (χ0) is 11.7. The van der Waals surface area contributed by atoms with Crippen molar-refractivity contribution < 1.29 is 18.3 Å². The van der Waals surface area contributed by atoms with Gasteiger partial charge in [0, 0.05) is 4.47 Å². The number of aliphatic hydroxyl groups is 1. The molecule has 0 spiro atoms. The van der Waals surface area contributed by atoms with Crippen molar-refractivity contribution in [3.63, 3.8) is 0 Å². The van der Waals surface area contributed by atoms with Crippen LogP contribution in [0.25, 0.3) is 0 Å². The van der Waals surface area contributed by atoms with Crippen molar-refractivity contribution in [3.8, 4) is 0 Å². The third-order valence-corrected chi connectivity index (χ3v) is 2.83. The predicted octanol–water partition coefficient (Wildman–Crippen LogP) is 3.61. The lowest BCUT2D eigenvalue weighted by molar-refractivity contribution is -0.267. The van der Waals surface area contributed by atoms with Crippen LogP contribution in [-0.2, 0) is 5.60 Å². The molecule has 1 atom stereocenters. The van der Waals surface area contributed by atoms with Gasteiger partial charge in [0.05, 0.1) is 0 Å². The topological polar surface area (TPSA) is 20.2 Å². The van der Waals surface area contributed by atoms with E-state index in [4.69, 9.17) is 0 Å². The number of rotatable bonds is 2. The average molecular weight is 283 g/mol. The van der Waals surface area contributed by atoms with Crippen LogP contribution in [0.4, 0.5) is 13.2 Å². The van der Waals surface area contributed by atoms with Crippen LogP contribution < -0.4 is 0 Å². The summed E-state index contributed by atoms with van der Waals surface area (Å²) in [5.41, 5.74) is -2.89. The first-order valence-corrected chi connectivity index (χ1v) is 5.15. The summed E-state index contributed by atoms with van der Waals surface area (Å²) >= 11 is 3.12. The summed E-state index contributed by atoms with van der Waals surface area (Å²) in [6.07, 6.45) is -5.06. The van der Waals surface area contributed by atoms with Gasteiger partial charge in [0.15, 0.2) is 5.60 Å². The van der Waals surface area contributed by atoms with E-state index in [1.807, 2.05) is 0 Å². The first-order chi connectivity index (χ1) is 6.81. The highest BCUT2D eigenvalue weighted by Crippen LogP contribution is 2.41. The fourth-order valence-corrected chi connectivity index (χ4v) is 1.56. The lowest BCUT2D eigenvalue weighted by Crippen LogP contribution is -2.41. The molecule has 0 aromatic heterocycles. The van der Waals surface area contributed by atoms with Gasteiger partial charge in [-0.3, -0.25) is 0 Å². The molecule has 0 saturated heterocycles. The zero-order valence-electron chi connectivity index (χ0n) is 7.98. The summed E-state index contributed by atoms with van der Waals surface area (Å²) in [7, 11) is 0. The second kappa shape index (κ2) is 4.14. The van der Waals surface area contributed by atoms with Crippen molar-refractivity contribution in [1.29, 1.82) is 0 Å². The van der Waals surface area contributed by atoms with Crippen molar-refractivity contribution >= 4 is 15.9 Å². The molecule has 1 N–H and O–H groups in total. The summed E-state index contributed by atoms with van der Waals surface area (Å²) in [5, 5.41) is 9.58. The predicted molar refractivity (Wildman–Crippen MR) is 54.4 cm³/mol. The Balaban J connectivity index is 3.18. The molecule has 1 aromatic carbocycles. The molecule has 0 amide bonds. The Morgan fingerprint density at radius 1 is 1.20 bits per heavy atom. The van der Waals surface area contributed by atoms with Crippen LogP contribution in [0.3, 0.4) is 0 Å². The van der Waals surface area contributed by atoms with Gasteiger partial charge < -0.3 is 5.11 Å². The summed E-state index contributed by atoms with van der Waals surface area (Å²) in [5.74, 6) is 0. The highest BCUT2D eigenvalue weighted by atomic mass is 79.9. The van der Waals surface area contributed by atoms with Gasteiger partial charge in [-0.1, -0.05) is 35.0 Å². The maximum Gasteiger partial charge on any atom is 0.421 e. The second-order valence-electron chi connectivity index (χ2n) is 3.22. The Hall–Kier alpha value is -0.550. The van der Waals surface area contributed by atoms with Gasteiger partial charge in [0.25, 0.3) is 0 Å². The molecule has 1 rings (SSSR count). The number of benzene rings is 1. The van der Waals surface area contributed by atoms with Crippen LogP contribution in [0.5, 0.6) is 0 Å². The molecule has 0 heterocycles. The Morgan fingerprint density at radius 3 is 2.00 bits per heavy atom. The Morgan fingerprint density at radius 2 is 1.67 bits per heavy atom. The summed E-state index contributed by atoms with van der Waals surface area (Å²) in [6, 6.07) is 5.48. The van der Waals surface area contributed by atoms with Gasteiger partial charge in [-0.15, -0.1) is 0 Å². The molecule has 0 saturated carbocycles. The smallest absolute Gasteiger partial charge is 0.376 e. The fraction of sp³-hybridized carbons (Fsp3) is 0.400. The van der Waals surface area contributed by atoms with Crippen molar-refractivity contribution in [1.82, 2.24) is 0 Å². The zero-order valence-corrected chi connectivity index (χ0v) is 9.56. The standard InChI is InChI=1S/C10H10BrF3O/c1-2-9(15,10(12,13)14)7-3-5-8(11)6-4-7/h3-6,15H,2H2,1H3/t9-/m0/s1. The van der Waals surface area contributed by atoms with Crippen LogP contribution >= 0.6 is 15.9 Å². The van der Waals surface area contributed by atoms with Crippen molar-refractivity contribution in [2.75, 3.05) is 0 Å². The van der Waals surface area contributed by atoms with E-state index < -0.39 is 18.2 Å². The van der Waals surface area contributed by atoms with Gasteiger partial charge in [0.2, 0.25) is 0 Å². The first-order valence-electron chi connectivity index (χ1n) is 4.36. The summed E-state index contributed by atoms with van der Waals surface area (Å²) < 4.78 is 38.6. The third-order valence-electron chi connectivity index (χ3n) is 2.30. The van der Waals surface area contributed by atoms with Crippen LogP contribution in [0.15, 0.2) is 28.7 Å².